The Morgan fingerprint density at radius 2 is 1.47 bits per heavy atom. The number of ether oxygens (including phenoxy) is 10. The van der Waals surface area contributed by atoms with Crippen molar-refractivity contribution in [1.82, 2.24) is 0 Å². The summed E-state index contributed by atoms with van der Waals surface area (Å²) in [6.45, 7) is 12.0. The van der Waals surface area contributed by atoms with E-state index in [0.29, 0.717) is 0 Å². The monoisotopic (exact) mass is 662 g/mol. The number of fused-ring (bicyclic) bond motifs is 1. The lowest BCUT2D eigenvalue weighted by Gasteiger charge is -2.42. The molecule has 15 heteroatoms. The second kappa shape index (κ2) is 13.0. The minimum atomic E-state index is -4.14. The average molecular weight is 663 g/mol. The SMILES string of the molecule is COC(OC)[C@@H]1OC(C)(C)O[C@H]1[C@H](O[C@@H]1O[C@H](COS(=O)(=O)c2ccc(C)cc2)[C@@H]2OC(C)(C)O[C@@H]2[C@H]1O)[C@H]1COC(C)(C)O1. The van der Waals surface area contributed by atoms with E-state index < -0.39 is 95.5 Å². The molecule has 0 aromatic heterocycles. The highest BCUT2D eigenvalue weighted by atomic mass is 32.2. The summed E-state index contributed by atoms with van der Waals surface area (Å²) in [5.74, 6) is -3.08. The van der Waals surface area contributed by atoms with Crippen LogP contribution in [-0.4, -0.2) is 120 Å². The van der Waals surface area contributed by atoms with Crippen molar-refractivity contribution in [1.29, 1.82) is 0 Å². The van der Waals surface area contributed by atoms with Crippen LogP contribution in [0.25, 0.3) is 0 Å². The van der Waals surface area contributed by atoms with Gasteiger partial charge in [-0.1, -0.05) is 17.7 Å². The third kappa shape index (κ3) is 7.72. The van der Waals surface area contributed by atoms with Gasteiger partial charge in [0.25, 0.3) is 10.1 Å². The van der Waals surface area contributed by atoms with E-state index in [0.717, 1.165) is 5.56 Å². The second-order valence-electron chi connectivity index (χ2n) is 13.0. The van der Waals surface area contributed by atoms with Crippen molar-refractivity contribution in [3.63, 3.8) is 0 Å². The first-order valence-electron chi connectivity index (χ1n) is 15.0. The maximum atomic E-state index is 13.0. The van der Waals surface area contributed by atoms with E-state index in [1.807, 2.05) is 6.92 Å². The summed E-state index contributed by atoms with van der Waals surface area (Å²) >= 11 is 0. The van der Waals surface area contributed by atoms with Gasteiger partial charge >= 0.3 is 0 Å². The van der Waals surface area contributed by atoms with Gasteiger partial charge in [0.1, 0.15) is 48.8 Å². The Hall–Kier alpha value is -1.31. The smallest absolute Gasteiger partial charge is 0.297 e. The van der Waals surface area contributed by atoms with Crippen LogP contribution in [-0.2, 0) is 61.7 Å². The lowest BCUT2D eigenvalue weighted by molar-refractivity contribution is -0.314. The van der Waals surface area contributed by atoms with Crippen molar-refractivity contribution in [2.75, 3.05) is 27.4 Å². The normalized spacial score (nSPS) is 36.3. The van der Waals surface area contributed by atoms with Crippen LogP contribution in [0.3, 0.4) is 0 Å². The Bertz CT molecular complexity index is 1260. The summed E-state index contributed by atoms with van der Waals surface area (Å²) in [6.07, 6.45) is -9.61. The minimum Gasteiger partial charge on any atom is -0.385 e. The largest absolute Gasteiger partial charge is 0.385 e. The number of aliphatic hydroxyl groups is 1. The van der Waals surface area contributed by atoms with Gasteiger partial charge in [0.2, 0.25) is 0 Å². The Balaban J connectivity index is 1.42. The van der Waals surface area contributed by atoms with E-state index in [9.17, 15) is 13.5 Å². The van der Waals surface area contributed by atoms with Crippen LogP contribution in [0.5, 0.6) is 0 Å². The number of aryl methyl sites for hydroxylation is 1. The number of aliphatic hydroxyl groups excluding tert-OH is 1. The van der Waals surface area contributed by atoms with Gasteiger partial charge in [-0.2, -0.15) is 8.42 Å². The molecular formula is C30H46O14S. The first-order chi connectivity index (χ1) is 20.9. The van der Waals surface area contributed by atoms with Crippen molar-refractivity contribution in [3.8, 4) is 0 Å². The van der Waals surface area contributed by atoms with Gasteiger partial charge in [0.15, 0.2) is 29.9 Å². The second-order valence-corrected chi connectivity index (χ2v) is 14.6. The van der Waals surface area contributed by atoms with Gasteiger partial charge in [-0.15, -0.1) is 0 Å². The van der Waals surface area contributed by atoms with Crippen molar-refractivity contribution in [3.05, 3.63) is 29.8 Å². The Labute approximate surface area is 264 Å². The lowest BCUT2D eigenvalue weighted by atomic mass is 9.98. The fourth-order valence-electron chi connectivity index (χ4n) is 6.09. The van der Waals surface area contributed by atoms with E-state index in [1.54, 1.807) is 53.7 Å². The first-order valence-corrected chi connectivity index (χ1v) is 16.4. The molecule has 45 heavy (non-hydrogen) atoms. The summed E-state index contributed by atoms with van der Waals surface area (Å²) in [7, 11) is -1.18. The van der Waals surface area contributed by atoms with Crippen LogP contribution < -0.4 is 0 Å². The number of hydrogen-bond acceptors (Lipinski definition) is 14. The number of rotatable bonds is 11. The fraction of sp³-hybridized carbons (Fsp3) is 0.800. The van der Waals surface area contributed by atoms with E-state index >= 15 is 0 Å². The van der Waals surface area contributed by atoms with Crippen LogP contribution in [0.15, 0.2) is 29.2 Å². The molecule has 14 nitrogen and oxygen atoms in total. The molecule has 1 aromatic carbocycles. The summed E-state index contributed by atoms with van der Waals surface area (Å²) in [4.78, 5) is -0.00356. The van der Waals surface area contributed by atoms with Crippen LogP contribution in [0.4, 0.5) is 0 Å². The summed E-state index contributed by atoms with van der Waals surface area (Å²) in [5.41, 5.74) is 0.902. The molecular weight excluding hydrogens is 616 g/mol. The molecule has 0 aliphatic carbocycles. The molecule has 0 amide bonds. The highest BCUT2D eigenvalue weighted by Crippen LogP contribution is 2.42. The lowest BCUT2D eigenvalue weighted by Crippen LogP contribution is -2.61. The Morgan fingerprint density at radius 1 is 0.867 bits per heavy atom. The summed E-state index contributed by atoms with van der Waals surface area (Å²) < 4.78 is 92.0. The Kier molecular flexibility index (Phi) is 10.1. The molecule has 0 saturated carbocycles. The van der Waals surface area contributed by atoms with Crippen molar-refractivity contribution < 1.29 is 65.1 Å². The highest BCUT2D eigenvalue weighted by Gasteiger charge is 2.59. The summed E-state index contributed by atoms with van der Waals surface area (Å²) in [6, 6.07) is 6.29. The molecule has 9 atom stereocenters. The van der Waals surface area contributed by atoms with Gasteiger partial charge in [-0.3, -0.25) is 4.18 Å². The standard InChI is InChI=1S/C30H46O14S/c1-16-10-12-17(13-11-16)45(32,33)37-15-18-22-23(42-29(4,5)41-22)20(31)26(38-18)39-21(19-14-36-28(2,3)40-19)24-25(27(34-8)35-9)44-30(6,7)43-24/h10-13,18-27,31H,14-15H2,1-9H3/t18-,19-,20-,21-,22+,23-,24+,25-,26+/m1/s1. The molecule has 256 valence electrons. The number of hydrogen-bond donors (Lipinski definition) is 1. The third-order valence-corrected chi connectivity index (χ3v) is 9.36. The van der Waals surface area contributed by atoms with E-state index in [2.05, 4.69) is 0 Å². The van der Waals surface area contributed by atoms with Gasteiger partial charge in [0.05, 0.1) is 18.1 Å². The van der Waals surface area contributed by atoms with Crippen LogP contribution in [0.1, 0.15) is 47.1 Å². The predicted molar refractivity (Wildman–Crippen MR) is 154 cm³/mol. The maximum Gasteiger partial charge on any atom is 0.297 e. The van der Waals surface area contributed by atoms with Crippen molar-refractivity contribution in [2.45, 2.75) is 132 Å². The minimum absolute atomic E-state index is 0.00356. The fourth-order valence-corrected chi connectivity index (χ4v) is 7.00. The Morgan fingerprint density at radius 3 is 2.07 bits per heavy atom. The molecule has 1 aromatic rings. The molecule has 4 aliphatic rings. The van der Waals surface area contributed by atoms with Crippen molar-refractivity contribution in [2.24, 2.45) is 0 Å². The maximum absolute atomic E-state index is 13.0. The zero-order chi connectivity index (χ0) is 32.9. The molecule has 5 rings (SSSR count). The summed E-state index contributed by atoms with van der Waals surface area (Å²) in [5, 5.41) is 11.5. The first kappa shape index (κ1) is 35.0. The zero-order valence-corrected chi connectivity index (χ0v) is 28.0. The highest BCUT2D eigenvalue weighted by molar-refractivity contribution is 7.86. The van der Waals surface area contributed by atoms with Crippen LogP contribution in [0, 0.1) is 6.92 Å². The molecule has 4 saturated heterocycles. The van der Waals surface area contributed by atoms with E-state index in [1.165, 1.54) is 26.4 Å². The van der Waals surface area contributed by atoms with Crippen LogP contribution >= 0.6 is 0 Å². The molecule has 4 heterocycles. The zero-order valence-electron chi connectivity index (χ0n) is 27.2. The topological polar surface area (TPSA) is 156 Å². The van der Waals surface area contributed by atoms with Gasteiger partial charge in [-0.25, -0.2) is 0 Å². The predicted octanol–water partition coefficient (Wildman–Crippen LogP) is 1.98. The molecule has 1 N–H and O–H groups in total. The van der Waals surface area contributed by atoms with Gasteiger partial charge in [0, 0.05) is 14.2 Å². The molecule has 0 spiro atoms. The molecule has 4 fully saturated rings. The van der Waals surface area contributed by atoms with E-state index in [-0.39, 0.29) is 11.5 Å². The number of methoxy groups -OCH3 is 2. The molecule has 4 aliphatic heterocycles. The molecule has 0 unspecified atom stereocenters. The third-order valence-electron chi connectivity index (χ3n) is 8.06. The van der Waals surface area contributed by atoms with Crippen molar-refractivity contribution >= 4 is 10.1 Å². The van der Waals surface area contributed by atoms with Crippen LogP contribution in [0.2, 0.25) is 0 Å². The molecule has 0 radical (unpaired) electrons. The van der Waals surface area contributed by atoms with Gasteiger partial charge < -0.3 is 52.5 Å². The quantitative estimate of drug-likeness (QED) is 0.271. The average Bonchev–Trinajstić information content (AvgIpc) is 3.59. The molecule has 0 bridgehead atoms. The van der Waals surface area contributed by atoms with E-state index in [4.69, 9.17) is 51.6 Å². The number of benzene rings is 1. The van der Waals surface area contributed by atoms with Gasteiger partial charge in [-0.05, 0) is 60.6 Å².